The summed E-state index contributed by atoms with van der Waals surface area (Å²) < 4.78 is 1.81. The van der Waals surface area contributed by atoms with Crippen LogP contribution in [0.2, 0.25) is 0 Å². The molecule has 2 aliphatic heterocycles. The van der Waals surface area contributed by atoms with E-state index in [0.29, 0.717) is 12.5 Å². The van der Waals surface area contributed by atoms with Gasteiger partial charge in [-0.2, -0.15) is 5.10 Å². The Kier molecular flexibility index (Phi) is 5.55. The molecule has 1 amide bonds. The largest absolute Gasteiger partial charge is 0.311 e. The number of aromatic nitrogens is 3. The molecule has 5 rings (SSSR count). The van der Waals surface area contributed by atoms with E-state index in [1.165, 1.54) is 5.56 Å². The molecule has 31 heavy (non-hydrogen) atoms. The number of carbonyl (C=O) groups is 1. The van der Waals surface area contributed by atoms with Gasteiger partial charge in [0.25, 0.3) is 0 Å². The van der Waals surface area contributed by atoms with E-state index >= 15 is 0 Å². The standard InChI is InChI=1S/C25H29N5O/c1-28-17-22(16-27-28)21-8-9-23(26-15-21)19-10-13-29(14-11-19)18-25(31)30-12-4-6-20-5-2-3-7-24(20)30/h2-3,5,7-9,15-17,19H,4,6,10-14,18H2,1H3. The highest BCUT2D eigenvalue weighted by molar-refractivity contribution is 5.96. The zero-order chi connectivity index (χ0) is 21.2. The quantitative estimate of drug-likeness (QED) is 0.653. The van der Waals surface area contributed by atoms with E-state index in [9.17, 15) is 4.79 Å². The number of amides is 1. The molecule has 3 aromatic rings. The first kappa shape index (κ1) is 19.9. The summed E-state index contributed by atoms with van der Waals surface area (Å²) in [5.41, 5.74) is 5.74. The van der Waals surface area contributed by atoms with Gasteiger partial charge in [0.05, 0.1) is 12.7 Å². The molecule has 6 nitrogen and oxygen atoms in total. The monoisotopic (exact) mass is 415 g/mol. The number of pyridine rings is 1. The lowest BCUT2D eigenvalue weighted by atomic mass is 9.92. The van der Waals surface area contributed by atoms with Crippen molar-refractivity contribution in [3.05, 3.63) is 66.2 Å². The van der Waals surface area contributed by atoms with Gasteiger partial charge in [0.15, 0.2) is 0 Å². The zero-order valence-corrected chi connectivity index (χ0v) is 18.1. The molecule has 1 saturated heterocycles. The first-order valence-electron chi connectivity index (χ1n) is 11.2. The van der Waals surface area contributed by atoms with Gasteiger partial charge >= 0.3 is 0 Å². The summed E-state index contributed by atoms with van der Waals surface area (Å²) in [5, 5.41) is 4.24. The van der Waals surface area contributed by atoms with Crippen molar-refractivity contribution in [2.45, 2.75) is 31.6 Å². The molecule has 6 heteroatoms. The number of nitrogens with zero attached hydrogens (tertiary/aromatic N) is 5. The number of anilines is 1. The van der Waals surface area contributed by atoms with E-state index in [1.807, 2.05) is 41.3 Å². The number of benzene rings is 1. The van der Waals surface area contributed by atoms with Crippen molar-refractivity contribution in [2.75, 3.05) is 31.1 Å². The van der Waals surface area contributed by atoms with Crippen LogP contribution < -0.4 is 4.90 Å². The molecular formula is C25H29N5O. The number of likely N-dealkylation sites (tertiary alicyclic amines) is 1. The van der Waals surface area contributed by atoms with Gasteiger partial charge < -0.3 is 4.90 Å². The molecule has 2 aromatic heterocycles. The summed E-state index contributed by atoms with van der Waals surface area (Å²) in [6, 6.07) is 12.6. The molecule has 0 spiro atoms. The van der Waals surface area contributed by atoms with Gasteiger partial charge in [-0.1, -0.05) is 24.3 Å². The fourth-order valence-electron chi connectivity index (χ4n) is 4.84. The Bertz CT molecular complexity index is 1050. The second-order valence-electron chi connectivity index (χ2n) is 8.70. The molecule has 0 bridgehead atoms. The van der Waals surface area contributed by atoms with Crippen molar-refractivity contribution in [2.24, 2.45) is 7.05 Å². The van der Waals surface area contributed by atoms with Crippen molar-refractivity contribution < 1.29 is 4.79 Å². The van der Waals surface area contributed by atoms with Crippen LogP contribution >= 0.6 is 0 Å². The van der Waals surface area contributed by atoms with E-state index in [1.54, 1.807) is 0 Å². The minimum absolute atomic E-state index is 0.226. The van der Waals surface area contributed by atoms with Crippen LogP contribution in [0.5, 0.6) is 0 Å². The van der Waals surface area contributed by atoms with Crippen LogP contribution in [0.1, 0.15) is 36.4 Å². The maximum absolute atomic E-state index is 13.0. The van der Waals surface area contributed by atoms with Gasteiger partial charge in [-0.3, -0.25) is 19.4 Å². The number of carbonyl (C=O) groups excluding carboxylic acids is 1. The van der Waals surface area contributed by atoms with E-state index in [0.717, 1.165) is 67.8 Å². The second-order valence-corrected chi connectivity index (χ2v) is 8.70. The molecule has 1 fully saturated rings. The minimum Gasteiger partial charge on any atom is -0.311 e. The van der Waals surface area contributed by atoms with Crippen LogP contribution in [0.4, 0.5) is 5.69 Å². The lowest BCUT2D eigenvalue weighted by molar-refractivity contribution is -0.120. The minimum atomic E-state index is 0.226. The van der Waals surface area contributed by atoms with E-state index in [4.69, 9.17) is 4.98 Å². The lowest BCUT2D eigenvalue weighted by Gasteiger charge is -2.34. The average molecular weight is 416 g/mol. The highest BCUT2D eigenvalue weighted by Crippen LogP contribution is 2.30. The molecular weight excluding hydrogens is 386 g/mol. The maximum Gasteiger partial charge on any atom is 0.241 e. The van der Waals surface area contributed by atoms with E-state index < -0.39 is 0 Å². The molecule has 2 aliphatic rings. The third kappa shape index (κ3) is 4.26. The summed E-state index contributed by atoms with van der Waals surface area (Å²) >= 11 is 0. The predicted octanol–water partition coefficient (Wildman–Crippen LogP) is 3.64. The zero-order valence-electron chi connectivity index (χ0n) is 18.1. The highest BCUT2D eigenvalue weighted by atomic mass is 16.2. The fourth-order valence-corrected chi connectivity index (χ4v) is 4.84. The van der Waals surface area contributed by atoms with Crippen molar-refractivity contribution in [1.29, 1.82) is 0 Å². The molecule has 0 aliphatic carbocycles. The highest BCUT2D eigenvalue weighted by Gasteiger charge is 2.27. The molecule has 0 saturated carbocycles. The van der Waals surface area contributed by atoms with Gasteiger partial charge in [0.1, 0.15) is 0 Å². The summed E-state index contributed by atoms with van der Waals surface area (Å²) in [7, 11) is 1.92. The molecule has 0 N–H and O–H groups in total. The molecule has 0 unspecified atom stereocenters. The van der Waals surface area contributed by atoms with Gasteiger partial charge in [-0.25, -0.2) is 0 Å². The molecule has 160 valence electrons. The van der Waals surface area contributed by atoms with Crippen LogP contribution in [0.15, 0.2) is 55.0 Å². The Morgan fingerprint density at radius 1 is 1.03 bits per heavy atom. The molecule has 1 aromatic carbocycles. The SMILES string of the molecule is Cn1cc(-c2ccc(C3CCN(CC(=O)N4CCCc5ccccc54)CC3)nc2)cn1. The maximum atomic E-state index is 13.0. The van der Waals surface area contributed by atoms with Crippen molar-refractivity contribution in [1.82, 2.24) is 19.7 Å². The van der Waals surface area contributed by atoms with Gasteiger partial charge in [-0.05, 0) is 56.5 Å². The lowest BCUT2D eigenvalue weighted by Crippen LogP contribution is -2.45. The van der Waals surface area contributed by atoms with Crippen molar-refractivity contribution in [3.63, 3.8) is 0 Å². The topological polar surface area (TPSA) is 54.3 Å². The number of hydrogen-bond donors (Lipinski definition) is 0. The smallest absolute Gasteiger partial charge is 0.241 e. The Morgan fingerprint density at radius 2 is 1.87 bits per heavy atom. The summed E-state index contributed by atoms with van der Waals surface area (Å²) in [6.45, 7) is 3.23. The van der Waals surface area contributed by atoms with Crippen LogP contribution in [-0.4, -0.2) is 51.8 Å². The predicted molar refractivity (Wildman–Crippen MR) is 122 cm³/mol. The van der Waals surface area contributed by atoms with Crippen LogP contribution in [0.3, 0.4) is 0 Å². The Balaban J connectivity index is 1.17. The van der Waals surface area contributed by atoms with Gasteiger partial charge in [0, 0.05) is 54.4 Å². The Labute approximate surface area is 183 Å². The van der Waals surface area contributed by atoms with Gasteiger partial charge in [0.2, 0.25) is 5.91 Å². The Morgan fingerprint density at radius 3 is 2.61 bits per heavy atom. The summed E-state index contributed by atoms with van der Waals surface area (Å²) in [5.74, 6) is 0.689. The van der Waals surface area contributed by atoms with Crippen molar-refractivity contribution >= 4 is 11.6 Å². The molecule has 0 atom stereocenters. The number of rotatable bonds is 4. The fraction of sp³-hybridized carbons (Fsp3) is 0.400. The summed E-state index contributed by atoms with van der Waals surface area (Å²) in [4.78, 5) is 22.1. The number of piperidine rings is 1. The first-order chi connectivity index (χ1) is 15.2. The van der Waals surface area contributed by atoms with Crippen LogP contribution in [0, 0.1) is 0 Å². The normalized spacial score (nSPS) is 17.5. The molecule has 4 heterocycles. The number of aryl methyl sites for hydroxylation is 2. The number of fused-ring (bicyclic) bond motifs is 1. The summed E-state index contributed by atoms with van der Waals surface area (Å²) in [6.07, 6.45) is 10.0. The second kappa shape index (κ2) is 8.63. The van der Waals surface area contributed by atoms with Crippen LogP contribution in [0.25, 0.3) is 11.1 Å². The number of para-hydroxylation sites is 1. The van der Waals surface area contributed by atoms with Crippen LogP contribution in [-0.2, 0) is 18.3 Å². The molecule has 0 radical (unpaired) electrons. The van der Waals surface area contributed by atoms with Crippen molar-refractivity contribution in [3.8, 4) is 11.1 Å². The Hall–Kier alpha value is -2.99. The first-order valence-corrected chi connectivity index (χ1v) is 11.2. The van der Waals surface area contributed by atoms with E-state index in [2.05, 4.69) is 40.3 Å². The average Bonchev–Trinajstić information content (AvgIpc) is 3.25. The third-order valence-corrected chi connectivity index (χ3v) is 6.60. The number of hydrogen-bond acceptors (Lipinski definition) is 4. The van der Waals surface area contributed by atoms with E-state index in [-0.39, 0.29) is 5.91 Å². The third-order valence-electron chi connectivity index (χ3n) is 6.60. The van der Waals surface area contributed by atoms with Gasteiger partial charge in [-0.15, -0.1) is 0 Å².